The zero-order chi connectivity index (χ0) is 37.2. The number of thiazole rings is 1. The van der Waals surface area contributed by atoms with Gasteiger partial charge in [0.15, 0.2) is 22.3 Å². The van der Waals surface area contributed by atoms with Crippen molar-refractivity contribution in [2.24, 2.45) is 5.16 Å². The van der Waals surface area contributed by atoms with Crippen molar-refractivity contribution in [3.8, 4) is 11.5 Å². The van der Waals surface area contributed by atoms with Crippen molar-refractivity contribution < 1.29 is 73.1 Å². The Hall–Kier alpha value is -5.87. The summed E-state index contributed by atoms with van der Waals surface area (Å²) in [6.07, 6.45) is -1.29. The molecule has 0 radical (unpaired) electrons. The van der Waals surface area contributed by atoms with Crippen LogP contribution in [0.3, 0.4) is 0 Å². The second-order valence-corrected chi connectivity index (χ2v) is 13.4. The lowest BCUT2D eigenvalue weighted by Crippen LogP contribution is -2.57. The Bertz CT molecular complexity index is 1900. The number of ether oxygens (including phenoxy) is 2. The molecule has 5 heterocycles. The van der Waals surface area contributed by atoms with Crippen LogP contribution in [0.25, 0.3) is 0 Å². The standard InChI is InChI=1S/C29H28N6O15S/c1-27(2)10-28(24(43)44,3-4-47-27)50-33-18(14-9-51-26(30)32-14)19(38)31-13-8-48-35(22(13)41)29(25(45)46)7-15(23(42)49-29)34-20(39)11-5-16(36)17(37)6-12(11)21(34)40/h5-6,9,13,15,36-37H,3-4,7-8,10H2,1-2H3,(H2,30,32)(H,31,38)(H,43,44)(H,45,46)/b33-18-/t13-,15-,28?,29?/m0/s1. The molecule has 1 aromatic carbocycles. The number of carboxylic acids is 2. The smallest absolute Gasteiger partial charge is 0.372 e. The molecule has 0 bridgehead atoms. The zero-order valence-corrected chi connectivity index (χ0v) is 27.3. The van der Waals surface area contributed by atoms with E-state index < -0.39 is 101 Å². The van der Waals surface area contributed by atoms with Crippen LogP contribution in [-0.2, 0) is 43.1 Å². The van der Waals surface area contributed by atoms with Gasteiger partial charge in [-0.1, -0.05) is 5.16 Å². The molecule has 0 saturated carbocycles. The van der Waals surface area contributed by atoms with E-state index in [1.54, 1.807) is 13.8 Å². The summed E-state index contributed by atoms with van der Waals surface area (Å²) in [5.41, 5.74) is -1.54. The minimum absolute atomic E-state index is 0.000697. The van der Waals surface area contributed by atoms with Crippen molar-refractivity contribution in [1.29, 1.82) is 0 Å². The first-order valence-electron chi connectivity index (χ1n) is 14.9. The van der Waals surface area contributed by atoms with Crippen LogP contribution < -0.4 is 11.1 Å². The lowest BCUT2D eigenvalue weighted by molar-refractivity contribution is -0.256. The largest absolute Gasteiger partial charge is 0.504 e. The number of aliphatic carboxylic acids is 2. The molecule has 0 spiro atoms. The van der Waals surface area contributed by atoms with Crippen molar-refractivity contribution in [3.05, 3.63) is 34.3 Å². The van der Waals surface area contributed by atoms with Crippen LogP contribution in [0, 0.1) is 0 Å². The van der Waals surface area contributed by atoms with E-state index in [-0.39, 0.29) is 46.5 Å². The van der Waals surface area contributed by atoms with Crippen molar-refractivity contribution in [2.75, 3.05) is 18.9 Å². The van der Waals surface area contributed by atoms with Crippen LogP contribution in [0.2, 0.25) is 0 Å². The number of benzene rings is 1. The number of rotatable bonds is 9. The Balaban J connectivity index is 1.23. The number of esters is 1. The van der Waals surface area contributed by atoms with Gasteiger partial charge in [-0.25, -0.2) is 19.4 Å². The number of nitrogens with one attached hydrogen (secondary N) is 1. The molecule has 21 nitrogen and oxygen atoms in total. The highest BCUT2D eigenvalue weighted by Gasteiger charge is 2.65. The molecule has 4 amide bonds. The number of carbonyl (C=O) groups is 7. The van der Waals surface area contributed by atoms with Gasteiger partial charge in [0, 0.05) is 18.2 Å². The molecule has 270 valence electrons. The molecule has 4 aliphatic heterocycles. The molecule has 1 aromatic heterocycles. The summed E-state index contributed by atoms with van der Waals surface area (Å²) < 4.78 is 10.7. The van der Waals surface area contributed by atoms with E-state index >= 15 is 0 Å². The number of imide groups is 1. The molecule has 3 saturated heterocycles. The Morgan fingerprint density at radius 3 is 2.27 bits per heavy atom. The van der Waals surface area contributed by atoms with Gasteiger partial charge in [0.25, 0.3) is 23.6 Å². The van der Waals surface area contributed by atoms with Gasteiger partial charge < -0.3 is 45.8 Å². The number of anilines is 1. The summed E-state index contributed by atoms with van der Waals surface area (Å²) in [5.74, 6) is -10.8. The van der Waals surface area contributed by atoms with Gasteiger partial charge in [0.05, 0.1) is 29.8 Å². The molecule has 22 heteroatoms. The monoisotopic (exact) mass is 732 g/mol. The van der Waals surface area contributed by atoms with E-state index in [1.165, 1.54) is 5.38 Å². The molecular weight excluding hydrogens is 704 g/mol. The summed E-state index contributed by atoms with van der Waals surface area (Å²) in [4.78, 5) is 106. The highest BCUT2D eigenvalue weighted by molar-refractivity contribution is 7.13. The predicted molar refractivity (Wildman–Crippen MR) is 164 cm³/mol. The van der Waals surface area contributed by atoms with Crippen molar-refractivity contribution >= 4 is 63.7 Å². The third-order valence-corrected chi connectivity index (χ3v) is 9.24. The number of cyclic esters (lactones) is 1. The van der Waals surface area contributed by atoms with Crippen LogP contribution in [-0.4, -0.2) is 125 Å². The van der Waals surface area contributed by atoms with Gasteiger partial charge in [0.1, 0.15) is 24.4 Å². The van der Waals surface area contributed by atoms with E-state index in [1.807, 2.05) is 0 Å². The zero-order valence-electron chi connectivity index (χ0n) is 26.5. The first-order chi connectivity index (χ1) is 23.9. The number of carboxylic acid groups (broad SMARTS) is 2. The molecule has 2 aromatic rings. The number of fused-ring (bicyclic) bond motifs is 1. The van der Waals surface area contributed by atoms with E-state index in [9.17, 15) is 54.0 Å². The van der Waals surface area contributed by atoms with E-state index in [4.69, 9.17) is 24.9 Å². The number of hydrogen-bond acceptors (Lipinski definition) is 17. The first-order valence-corrected chi connectivity index (χ1v) is 15.8. The van der Waals surface area contributed by atoms with Gasteiger partial charge >= 0.3 is 23.6 Å². The number of carbonyl (C=O) groups excluding carboxylic acids is 5. The lowest BCUT2D eigenvalue weighted by atomic mass is 9.84. The van der Waals surface area contributed by atoms with Crippen LogP contribution in [0.4, 0.5) is 5.13 Å². The average Bonchev–Trinajstić information content (AvgIpc) is 3.79. The van der Waals surface area contributed by atoms with Gasteiger partial charge in [0.2, 0.25) is 5.60 Å². The molecular formula is C29H28N6O15S. The maximum Gasteiger partial charge on any atom is 0.372 e. The first kappa shape index (κ1) is 35.0. The SMILES string of the molecule is CC1(C)CC(O/N=C(\C(=O)N[C@H]2CON(C3(C(=O)O)C[C@H](N4C(=O)c5cc(O)c(O)cc5C4=O)C(=O)O3)C2=O)c2csc(N)n2)(C(=O)O)CCO1. The number of phenols is 2. The molecule has 2 unspecified atom stereocenters. The van der Waals surface area contributed by atoms with Crippen molar-refractivity contribution in [2.45, 2.75) is 62.1 Å². The van der Waals surface area contributed by atoms with Gasteiger partial charge in [-0.15, -0.1) is 11.3 Å². The highest BCUT2D eigenvalue weighted by atomic mass is 32.1. The average molecular weight is 733 g/mol. The maximum absolute atomic E-state index is 13.6. The fourth-order valence-corrected chi connectivity index (χ4v) is 6.66. The number of oxime groups is 1. The fourth-order valence-electron chi connectivity index (χ4n) is 6.12. The van der Waals surface area contributed by atoms with Gasteiger partial charge in [-0.05, 0) is 26.0 Å². The Kier molecular flexibility index (Phi) is 8.35. The topological polar surface area (TPSA) is 307 Å². The molecule has 0 aliphatic carbocycles. The third kappa shape index (κ3) is 5.81. The summed E-state index contributed by atoms with van der Waals surface area (Å²) in [6.45, 7) is 2.59. The summed E-state index contributed by atoms with van der Waals surface area (Å²) in [6, 6.07) is -1.95. The number of nitrogens with zero attached hydrogens (tertiary/aromatic N) is 4. The molecule has 3 fully saturated rings. The van der Waals surface area contributed by atoms with Gasteiger partial charge in [-0.2, -0.15) is 5.06 Å². The lowest BCUT2D eigenvalue weighted by Gasteiger charge is -2.40. The van der Waals surface area contributed by atoms with Crippen LogP contribution in [0.1, 0.15) is 59.5 Å². The number of phenolic OH excluding ortho intramolecular Hbond substituents is 2. The van der Waals surface area contributed by atoms with Crippen LogP contribution >= 0.6 is 11.3 Å². The number of aromatic hydroxyl groups is 2. The number of nitrogens with two attached hydrogens (primary N) is 1. The number of amides is 4. The molecule has 51 heavy (non-hydrogen) atoms. The Morgan fingerprint density at radius 2 is 1.73 bits per heavy atom. The van der Waals surface area contributed by atoms with Crippen LogP contribution in [0.15, 0.2) is 22.7 Å². The Labute approximate surface area is 289 Å². The predicted octanol–water partition coefficient (Wildman–Crippen LogP) is -1.08. The number of aromatic nitrogens is 1. The van der Waals surface area contributed by atoms with Crippen LogP contribution in [0.5, 0.6) is 11.5 Å². The van der Waals surface area contributed by atoms with E-state index in [0.717, 1.165) is 23.5 Å². The molecule has 4 atom stereocenters. The number of hydroxylamine groups is 2. The van der Waals surface area contributed by atoms with Crippen molar-refractivity contribution in [3.63, 3.8) is 0 Å². The van der Waals surface area contributed by atoms with Crippen molar-refractivity contribution in [1.82, 2.24) is 20.3 Å². The number of hydrogen-bond donors (Lipinski definition) is 6. The summed E-state index contributed by atoms with van der Waals surface area (Å²) >= 11 is 0.912. The molecule has 4 aliphatic rings. The minimum atomic E-state index is -2.93. The third-order valence-electron chi connectivity index (χ3n) is 8.56. The second kappa shape index (κ2) is 12.2. The minimum Gasteiger partial charge on any atom is -0.504 e. The maximum atomic E-state index is 13.6. The molecule has 7 N–H and O–H groups in total. The fraction of sp³-hybridized carbons (Fsp3) is 0.414. The number of nitrogen functional groups attached to an aromatic ring is 1. The summed E-state index contributed by atoms with van der Waals surface area (Å²) in [5, 5.41) is 47.5. The quantitative estimate of drug-likeness (QED) is 0.0587. The van der Waals surface area contributed by atoms with E-state index in [0.29, 0.717) is 4.90 Å². The highest BCUT2D eigenvalue weighted by Crippen LogP contribution is 2.41. The van der Waals surface area contributed by atoms with E-state index in [2.05, 4.69) is 15.5 Å². The summed E-state index contributed by atoms with van der Waals surface area (Å²) in [7, 11) is 0. The van der Waals surface area contributed by atoms with Gasteiger partial charge in [-0.3, -0.25) is 28.9 Å². The second-order valence-electron chi connectivity index (χ2n) is 12.5. The molecule has 6 rings (SSSR count). The normalized spacial score (nSPS) is 27.4. The Morgan fingerprint density at radius 1 is 1.08 bits per heavy atom.